The van der Waals surface area contributed by atoms with E-state index in [0.29, 0.717) is 12.2 Å². The fourth-order valence-corrected chi connectivity index (χ4v) is 2.87. The van der Waals surface area contributed by atoms with Gasteiger partial charge in [0.05, 0.1) is 11.9 Å². The molecule has 5 nitrogen and oxygen atoms in total. The summed E-state index contributed by atoms with van der Waals surface area (Å²) in [6.45, 7) is 1.95. The lowest BCUT2D eigenvalue weighted by Gasteiger charge is -2.07. The molecule has 1 aromatic carbocycles. The Balaban J connectivity index is 1.99. The third-order valence-corrected chi connectivity index (χ3v) is 4.12. The second-order valence-corrected chi connectivity index (χ2v) is 6.12. The molecule has 2 aromatic rings. The van der Waals surface area contributed by atoms with Crippen LogP contribution in [-0.4, -0.2) is 24.4 Å². The summed E-state index contributed by atoms with van der Waals surface area (Å²) in [6.07, 6.45) is 2.86. The van der Waals surface area contributed by atoms with Crippen LogP contribution >= 0.6 is 0 Å². The highest BCUT2D eigenvalue weighted by molar-refractivity contribution is 7.92. The Morgan fingerprint density at radius 2 is 2.00 bits per heavy atom. The van der Waals surface area contributed by atoms with Gasteiger partial charge in [0.1, 0.15) is 5.82 Å². The Kier molecular flexibility index (Phi) is 4.21. The first-order chi connectivity index (χ1) is 9.11. The topological polar surface area (TPSA) is 74.8 Å². The molecule has 0 spiro atoms. The van der Waals surface area contributed by atoms with Gasteiger partial charge in [0, 0.05) is 5.56 Å². The third-order valence-electron chi connectivity index (χ3n) is 2.86. The molecule has 0 amide bonds. The van der Waals surface area contributed by atoms with Crippen LogP contribution in [0.3, 0.4) is 0 Å². The summed E-state index contributed by atoms with van der Waals surface area (Å²) in [5, 5.41) is 6.51. The van der Waals surface area contributed by atoms with Crippen molar-refractivity contribution in [3.63, 3.8) is 0 Å². The molecule has 0 aliphatic rings. The summed E-state index contributed by atoms with van der Waals surface area (Å²) in [6, 6.07) is 9.56. The van der Waals surface area contributed by atoms with E-state index >= 15 is 0 Å². The molecule has 2 rings (SSSR count). The Labute approximate surface area is 113 Å². The quantitative estimate of drug-likeness (QED) is 0.848. The molecule has 0 fully saturated rings. The molecular formula is C13H17N3O2S. The molecule has 0 saturated heterocycles. The van der Waals surface area contributed by atoms with Crippen molar-refractivity contribution in [1.82, 2.24) is 10.2 Å². The number of hydrogen-bond acceptors (Lipinski definition) is 3. The molecule has 1 heterocycles. The van der Waals surface area contributed by atoms with Crippen molar-refractivity contribution >= 4 is 15.8 Å². The van der Waals surface area contributed by atoms with Crippen LogP contribution in [0.1, 0.15) is 18.1 Å². The average molecular weight is 279 g/mol. The van der Waals surface area contributed by atoms with E-state index in [1.807, 2.05) is 37.3 Å². The summed E-state index contributed by atoms with van der Waals surface area (Å²) in [4.78, 5) is 0. The van der Waals surface area contributed by atoms with E-state index in [1.165, 1.54) is 0 Å². The smallest absolute Gasteiger partial charge is 0.234 e. The standard InChI is InChI=1S/C13H17N3O2S/c1-2-12-10-14-15-13(12)16-19(17,18)9-8-11-6-4-3-5-7-11/h3-7,10H,2,8-9H2,1H3,(H2,14,15,16). The zero-order chi connectivity index (χ0) is 13.7. The summed E-state index contributed by atoms with van der Waals surface area (Å²) in [5.74, 6) is 0.523. The molecule has 0 aliphatic heterocycles. The molecule has 0 atom stereocenters. The van der Waals surface area contributed by atoms with Crippen molar-refractivity contribution in [1.29, 1.82) is 0 Å². The Hall–Kier alpha value is -1.82. The van der Waals surface area contributed by atoms with Crippen LogP contribution in [0.15, 0.2) is 36.5 Å². The highest BCUT2D eigenvalue weighted by atomic mass is 32.2. The van der Waals surface area contributed by atoms with E-state index in [1.54, 1.807) is 6.20 Å². The van der Waals surface area contributed by atoms with Crippen LogP contribution in [0.4, 0.5) is 5.82 Å². The molecule has 0 aliphatic carbocycles. The van der Waals surface area contributed by atoms with Crippen LogP contribution in [0.5, 0.6) is 0 Å². The summed E-state index contributed by atoms with van der Waals surface area (Å²) < 4.78 is 26.5. The largest absolute Gasteiger partial charge is 0.267 e. The number of hydrogen-bond donors (Lipinski definition) is 2. The second-order valence-electron chi connectivity index (χ2n) is 4.28. The van der Waals surface area contributed by atoms with Crippen LogP contribution in [0, 0.1) is 0 Å². The van der Waals surface area contributed by atoms with Gasteiger partial charge >= 0.3 is 0 Å². The van der Waals surface area contributed by atoms with Gasteiger partial charge in [0.25, 0.3) is 0 Å². The molecule has 2 N–H and O–H groups in total. The first-order valence-corrected chi connectivity index (χ1v) is 7.82. The number of sulfonamides is 1. The lowest BCUT2D eigenvalue weighted by Crippen LogP contribution is -2.19. The minimum absolute atomic E-state index is 0.0547. The van der Waals surface area contributed by atoms with Crippen molar-refractivity contribution in [3.8, 4) is 0 Å². The predicted molar refractivity (Wildman–Crippen MR) is 75.5 cm³/mol. The maximum atomic E-state index is 12.0. The normalized spacial score (nSPS) is 11.4. The SMILES string of the molecule is CCc1cn[nH]c1NS(=O)(=O)CCc1ccccc1. The molecular weight excluding hydrogens is 262 g/mol. The second kappa shape index (κ2) is 5.88. The van der Waals surface area contributed by atoms with E-state index in [4.69, 9.17) is 0 Å². The maximum Gasteiger partial charge on any atom is 0.234 e. The molecule has 1 aromatic heterocycles. The van der Waals surface area contributed by atoms with Crippen molar-refractivity contribution < 1.29 is 8.42 Å². The van der Waals surface area contributed by atoms with Gasteiger partial charge in [-0.25, -0.2) is 8.42 Å². The number of rotatable bonds is 6. The first-order valence-electron chi connectivity index (χ1n) is 6.17. The van der Waals surface area contributed by atoms with Gasteiger partial charge in [-0.05, 0) is 18.4 Å². The van der Waals surface area contributed by atoms with E-state index in [9.17, 15) is 8.42 Å². The summed E-state index contributed by atoms with van der Waals surface area (Å²) in [5.41, 5.74) is 1.87. The number of anilines is 1. The van der Waals surface area contributed by atoms with E-state index in [0.717, 1.165) is 17.5 Å². The minimum atomic E-state index is -3.36. The first kappa shape index (κ1) is 13.6. The van der Waals surface area contributed by atoms with Gasteiger partial charge in [-0.15, -0.1) is 0 Å². The van der Waals surface area contributed by atoms with Crippen LogP contribution in [0.25, 0.3) is 0 Å². The fourth-order valence-electron chi connectivity index (χ4n) is 1.77. The van der Waals surface area contributed by atoms with Gasteiger partial charge in [-0.1, -0.05) is 37.3 Å². The van der Waals surface area contributed by atoms with Gasteiger partial charge in [-0.3, -0.25) is 9.82 Å². The van der Waals surface area contributed by atoms with Gasteiger partial charge in [-0.2, -0.15) is 5.10 Å². The highest BCUT2D eigenvalue weighted by Crippen LogP contribution is 2.13. The Morgan fingerprint density at radius 3 is 2.68 bits per heavy atom. The third kappa shape index (κ3) is 3.82. The van der Waals surface area contributed by atoms with E-state index in [2.05, 4.69) is 14.9 Å². The summed E-state index contributed by atoms with van der Waals surface area (Å²) in [7, 11) is -3.36. The van der Waals surface area contributed by atoms with Crippen LogP contribution < -0.4 is 4.72 Å². The van der Waals surface area contributed by atoms with Crippen molar-refractivity contribution in [2.24, 2.45) is 0 Å². The van der Waals surface area contributed by atoms with Gasteiger partial charge in [0.15, 0.2) is 0 Å². The monoisotopic (exact) mass is 279 g/mol. The molecule has 6 heteroatoms. The Morgan fingerprint density at radius 1 is 1.26 bits per heavy atom. The Bertz CT molecular complexity index is 620. The average Bonchev–Trinajstić information content (AvgIpc) is 2.84. The zero-order valence-corrected chi connectivity index (χ0v) is 11.6. The number of aryl methyl sites for hydroxylation is 2. The molecule has 0 saturated carbocycles. The molecule has 0 bridgehead atoms. The van der Waals surface area contributed by atoms with Crippen molar-refractivity contribution in [2.75, 3.05) is 10.5 Å². The number of aromatic amines is 1. The van der Waals surface area contributed by atoms with Gasteiger partial charge in [0.2, 0.25) is 10.0 Å². The number of nitrogens with zero attached hydrogens (tertiary/aromatic N) is 1. The molecule has 0 radical (unpaired) electrons. The van der Waals surface area contributed by atoms with Gasteiger partial charge < -0.3 is 0 Å². The van der Waals surface area contributed by atoms with Crippen LogP contribution in [0.2, 0.25) is 0 Å². The van der Waals surface area contributed by atoms with E-state index in [-0.39, 0.29) is 5.75 Å². The number of H-pyrrole nitrogens is 1. The van der Waals surface area contributed by atoms with Crippen molar-refractivity contribution in [3.05, 3.63) is 47.7 Å². The number of nitrogens with one attached hydrogen (secondary N) is 2. The van der Waals surface area contributed by atoms with E-state index < -0.39 is 10.0 Å². The maximum absolute atomic E-state index is 12.0. The lowest BCUT2D eigenvalue weighted by atomic mass is 10.2. The minimum Gasteiger partial charge on any atom is -0.267 e. The molecule has 0 unspecified atom stereocenters. The van der Waals surface area contributed by atoms with Crippen molar-refractivity contribution in [2.45, 2.75) is 19.8 Å². The van der Waals surface area contributed by atoms with Crippen LogP contribution in [-0.2, 0) is 22.9 Å². The number of aromatic nitrogens is 2. The lowest BCUT2D eigenvalue weighted by molar-refractivity contribution is 0.600. The fraction of sp³-hybridized carbons (Fsp3) is 0.308. The summed E-state index contributed by atoms with van der Waals surface area (Å²) >= 11 is 0. The molecule has 102 valence electrons. The molecule has 19 heavy (non-hydrogen) atoms. The predicted octanol–water partition coefficient (Wildman–Crippen LogP) is 1.96. The number of benzene rings is 1. The highest BCUT2D eigenvalue weighted by Gasteiger charge is 2.13. The zero-order valence-electron chi connectivity index (χ0n) is 10.8.